The van der Waals surface area contributed by atoms with Crippen LogP contribution in [-0.4, -0.2) is 58.1 Å². The van der Waals surface area contributed by atoms with Gasteiger partial charge in [0, 0.05) is 18.9 Å². The number of alkyl halides is 1. The molecule has 0 aliphatic rings. The first-order valence-electron chi connectivity index (χ1n) is 11.3. The number of ether oxygens (including phenoxy) is 4. The van der Waals surface area contributed by atoms with Gasteiger partial charge in [-0.05, 0) is 19.3 Å². The van der Waals surface area contributed by atoms with Crippen LogP contribution in [0.3, 0.4) is 0 Å². The molecule has 0 unspecified atom stereocenters. The van der Waals surface area contributed by atoms with Crippen molar-refractivity contribution in [1.82, 2.24) is 0 Å². The largest absolute Gasteiger partial charge is 0.463 e. The Morgan fingerprint density at radius 1 is 0.607 bits per heavy atom. The molecule has 6 heteroatoms. The molecule has 0 N–H and O–H groups in total. The quantitative estimate of drug-likeness (QED) is 0.123. The van der Waals surface area contributed by atoms with Gasteiger partial charge in [0.25, 0.3) is 0 Å². The van der Waals surface area contributed by atoms with E-state index in [9.17, 15) is 4.79 Å². The fraction of sp³-hybridized carbons (Fsp3) is 0.955. The Kier molecular flexibility index (Phi) is 24.4. The molecule has 0 saturated carbocycles. The van der Waals surface area contributed by atoms with Crippen LogP contribution in [0.25, 0.3) is 0 Å². The highest BCUT2D eigenvalue weighted by atomic mass is 35.5. The molecule has 28 heavy (non-hydrogen) atoms. The Balaban J connectivity index is 3.11. The lowest BCUT2D eigenvalue weighted by Gasteiger charge is -2.08. The van der Waals surface area contributed by atoms with E-state index in [-0.39, 0.29) is 5.97 Å². The Morgan fingerprint density at radius 3 is 1.75 bits per heavy atom. The van der Waals surface area contributed by atoms with Gasteiger partial charge in [0.1, 0.15) is 6.61 Å². The second-order valence-electron chi connectivity index (χ2n) is 7.03. The molecule has 0 aromatic rings. The van der Waals surface area contributed by atoms with Crippen LogP contribution in [0.4, 0.5) is 0 Å². The Bertz CT molecular complexity index is 315. The molecule has 0 heterocycles. The number of rotatable bonds is 23. The molecule has 5 nitrogen and oxygen atoms in total. The molecule has 0 aliphatic heterocycles. The van der Waals surface area contributed by atoms with Gasteiger partial charge in [-0.1, -0.05) is 58.3 Å². The summed E-state index contributed by atoms with van der Waals surface area (Å²) in [6, 6.07) is 0. The van der Waals surface area contributed by atoms with E-state index in [1.807, 2.05) is 0 Å². The van der Waals surface area contributed by atoms with E-state index in [0.29, 0.717) is 46.1 Å². The highest BCUT2D eigenvalue weighted by Gasteiger charge is 2.02. The first-order valence-corrected chi connectivity index (χ1v) is 11.8. The lowest BCUT2D eigenvalue weighted by Crippen LogP contribution is -2.14. The second kappa shape index (κ2) is 24.7. The molecule has 0 bridgehead atoms. The van der Waals surface area contributed by atoms with Crippen molar-refractivity contribution in [3.8, 4) is 0 Å². The number of hydrogen-bond acceptors (Lipinski definition) is 5. The maximum Gasteiger partial charge on any atom is 0.305 e. The highest BCUT2D eigenvalue weighted by Crippen LogP contribution is 2.08. The predicted molar refractivity (Wildman–Crippen MR) is 115 cm³/mol. The third kappa shape index (κ3) is 23.7. The van der Waals surface area contributed by atoms with E-state index in [2.05, 4.69) is 6.92 Å². The summed E-state index contributed by atoms with van der Waals surface area (Å²) in [5.41, 5.74) is 0. The van der Waals surface area contributed by atoms with Crippen molar-refractivity contribution in [2.75, 3.05) is 52.1 Å². The normalized spacial score (nSPS) is 11.1. The van der Waals surface area contributed by atoms with Gasteiger partial charge in [-0.3, -0.25) is 4.79 Å². The standard InChI is InChI=1S/C22H43ClO5/c1-2-3-4-5-6-7-10-13-22(24)28-21-20-27-19-18-26-17-16-25-15-12-9-8-11-14-23/h2-21H2,1H3. The molecular formula is C22H43ClO5. The number of carbonyl (C=O) groups excluding carboxylic acids is 1. The van der Waals surface area contributed by atoms with Crippen molar-refractivity contribution in [2.45, 2.75) is 84.0 Å². The monoisotopic (exact) mass is 422 g/mol. The van der Waals surface area contributed by atoms with Gasteiger partial charge in [-0.2, -0.15) is 0 Å². The first kappa shape index (κ1) is 27.6. The summed E-state index contributed by atoms with van der Waals surface area (Å²) < 4.78 is 21.5. The number of unbranched alkanes of at least 4 members (excludes halogenated alkanes) is 9. The molecule has 168 valence electrons. The zero-order valence-electron chi connectivity index (χ0n) is 18.1. The lowest BCUT2D eigenvalue weighted by atomic mass is 10.1. The van der Waals surface area contributed by atoms with Gasteiger partial charge in [-0.15, -0.1) is 11.6 Å². The molecule has 0 spiro atoms. The van der Waals surface area contributed by atoms with Gasteiger partial charge in [0.15, 0.2) is 0 Å². The number of hydrogen-bond donors (Lipinski definition) is 0. The molecule has 0 aromatic heterocycles. The molecule has 0 rings (SSSR count). The van der Waals surface area contributed by atoms with Crippen LogP contribution in [0.5, 0.6) is 0 Å². The molecule has 0 aromatic carbocycles. The predicted octanol–water partition coefficient (Wildman–Crippen LogP) is 5.52. The molecule has 0 aliphatic carbocycles. The fourth-order valence-corrected chi connectivity index (χ4v) is 2.90. The molecule has 0 radical (unpaired) electrons. The van der Waals surface area contributed by atoms with Crippen molar-refractivity contribution < 1.29 is 23.7 Å². The van der Waals surface area contributed by atoms with Crippen LogP contribution in [0.2, 0.25) is 0 Å². The van der Waals surface area contributed by atoms with Crippen molar-refractivity contribution in [2.24, 2.45) is 0 Å². The van der Waals surface area contributed by atoms with E-state index >= 15 is 0 Å². The average molecular weight is 423 g/mol. The lowest BCUT2D eigenvalue weighted by molar-refractivity contribution is -0.145. The maximum atomic E-state index is 11.6. The Morgan fingerprint density at radius 2 is 1.11 bits per heavy atom. The second-order valence-corrected chi connectivity index (χ2v) is 7.41. The topological polar surface area (TPSA) is 54.0 Å². The van der Waals surface area contributed by atoms with E-state index < -0.39 is 0 Å². The van der Waals surface area contributed by atoms with Crippen LogP contribution in [0.15, 0.2) is 0 Å². The Hall–Kier alpha value is -0.360. The van der Waals surface area contributed by atoms with Gasteiger partial charge in [-0.25, -0.2) is 0 Å². The number of esters is 1. The summed E-state index contributed by atoms with van der Waals surface area (Å²) in [7, 11) is 0. The summed E-state index contributed by atoms with van der Waals surface area (Å²) in [6.07, 6.45) is 13.5. The first-order chi connectivity index (χ1) is 13.8. The van der Waals surface area contributed by atoms with Crippen LogP contribution >= 0.6 is 11.6 Å². The van der Waals surface area contributed by atoms with Gasteiger partial charge >= 0.3 is 5.97 Å². The molecule has 0 fully saturated rings. The van der Waals surface area contributed by atoms with Crippen molar-refractivity contribution in [3.05, 3.63) is 0 Å². The van der Waals surface area contributed by atoms with Crippen LogP contribution in [0, 0.1) is 0 Å². The minimum absolute atomic E-state index is 0.117. The minimum atomic E-state index is -0.117. The number of halogens is 1. The third-order valence-corrected chi connectivity index (χ3v) is 4.66. The molecule has 0 amide bonds. The molecule has 0 saturated heterocycles. The van der Waals surface area contributed by atoms with Crippen LogP contribution in [-0.2, 0) is 23.7 Å². The van der Waals surface area contributed by atoms with E-state index in [0.717, 1.165) is 38.2 Å². The van der Waals surface area contributed by atoms with Gasteiger partial charge in [0.05, 0.1) is 33.0 Å². The van der Waals surface area contributed by atoms with Crippen molar-refractivity contribution in [1.29, 1.82) is 0 Å². The SMILES string of the molecule is CCCCCCCCCC(=O)OCCOCCOCCOCCCCCCCl. The summed E-state index contributed by atoms with van der Waals surface area (Å²) in [5.74, 6) is 0.631. The zero-order valence-corrected chi connectivity index (χ0v) is 18.8. The maximum absolute atomic E-state index is 11.6. The zero-order chi connectivity index (χ0) is 20.5. The molecule has 0 atom stereocenters. The number of carbonyl (C=O) groups is 1. The van der Waals surface area contributed by atoms with Gasteiger partial charge < -0.3 is 18.9 Å². The van der Waals surface area contributed by atoms with E-state index in [1.165, 1.54) is 44.9 Å². The Labute approximate surface area is 177 Å². The minimum Gasteiger partial charge on any atom is -0.463 e. The fourth-order valence-electron chi connectivity index (χ4n) is 2.71. The summed E-state index contributed by atoms with van der Waals surface area (Å²) in [4.78, 5) is 11.6. The third-order valence-electron chi connectivity index (χ3n) is 4.39. The van der Waals surface area contributed by atoms with Gasteiger partial charge in [0.2, 0.25) is 0 Å². The average Bonchev–Trinajstić information content (AvgIpc) is 2.70. The summed E-state index contributed by atoms with van der Waals surface area (Å²) in [5, 5.41) is 0. The van der Waals surface area contributed by atoms with Crippen LogP contribution < -0.4 is 0 Å². The summed E-state index contributed by atoms with van der Waals surface area (Å²) >= 11 is 5.63. The van der Waals surface area contributed by atoms with E-state index in [1.54, 1.807) is 0 Å². The molecular weight excluding hydrogens is 380 g/mol. The summed E-state index contributed by atoms with van der Waals surface area (Å²) in [6.45, 7) is 5.99. The van der Waals surface area contributed by atoms with E-state index in [4.69, 9.17) is 30.5 Å². The highest BCUT2D eigenvalue weighted by molar-refractivity contribution is 6.17. The smallest absolute Gasteiger partial charge is 0.305 e. The van der Waals surface area contributed by atoms with Crippen molar-refractivity contribution in [3.63, 3.8) is 0 Å². The van der Waals surface area contributed by atoms with Crippen molar-refractivity contribution >= 4 is 17.6 Å². The van der Waals surface area contributed by atoms with Crippen LogP contribution in [0.1, 0.15) is 84.0 Å².